The first-order valence-electron chi connectivity index (χ1n) is 3.98. The zero-order valence-corrected chi connectivity index (χ0v) is 6.76. The molecule has 0 amide bonds. The highest BCUT2D eigenvalue weighted by Gasteiger charge is 2.07. The average Bonchev–Trinajstić information content (AvgIpc) is 2.12. The van der Waals surface area contributed by atoms with Crippen molar-refractivity contribution in [1.29, 1.82) is 0 Å². The normalized spacial score (nSPS) is 19.7. The van der Waals surface area contributed by atoms with E-state index in [1.807, 2.05) is 0 Å². The van der Waals surface area contributed by atoms with Crippen LogP contribution in [-0.4, -0.2) is 19.0 Å². The second-order valence-electron chi connectivity index (χ2n) is 2.93. The Kier molecular flexibility index (Phi) is 2.72. The van der Waals surface area contributed by atoms with Gasteiger partial charge in [-0.15, -0.1) is 0 Å². The molecular formula is C8H15NO. The van der Waals surface area contributed by atoms with Crippen LogP contribution in [0.25, 0.3) is 0 Å². The van der Waals surface area contributed by atoms with Gasteiger partial charge in [0.25, 0.3) is 0 Å². The van der Waals surface area contributed by atoms with Gasteiger partial charge >= 0.3 is 0 Å². The van der Waals surface area contributed by atoms with E-state index in [0.29, 0.717) is 5.92 Å². The smallest absolute Gasteiger partial charge is 0.185 e. The summed E-state index contributed by atoms with van der Waals surface area (Å²) in [6.07, 6.45) is 2.33. The van der Waals surface area contributed by atoms with Gasteiger partial charge in [-0.25, -0.2) is 0 Å². The fraction of sp³-hybridized carbons (Fsp3) is 0.875. The Morgan fingerprint density at radius 2 is 2.20 bits per heavy atom. The van der Waals surface area contributed by atoms with E-state index in [-0.39, 0.29) is 0 Å². The molecule has 1 aliphatic rings. The van der Waals surface area contributed by atoms with Crippen molar-refractivity contribution in [3.8, 4) is 0 Å². The Labute approximate surface area is 62.3 Å². The van der Waals surface area contributed by atoms with Gasteiger partial charge in [0.2, 0.25) is 0 Å². The van der Waals surface area contributed by atoms with Gasteiger partial charge in [-0.2, -0.15) is 0 Å². The van der Waals surface area contributed by atoms with Crippen LogP contribution in [0, 0.1) is 5.92 Å². The van der Waals surface area contributed by atoms with Gasteiger partial charge in [0.1, 0.15) is 0 Å². The molecule has 0 aromatic carbocycles. The van der Waals surface area contributed by atoms with Crippen LogP contribution in [0.2, 0.25) is 0 Å². The lowest BCUT2D eigenvalue weighted by Gasteiger charge is -2.08. The van der Waals surface area contributed by atoms with Crippen molar-refractivity contribution in [2.45, 2.75) is 26.7 Å². The maximum Gasteiger partial charge on any atom is 0.185 e. The monoisotopic (exact) mass is 141 g/mol. The largest absolute Gasteiger partial charge is 0.481 e. The van der Waals surface area contributed by atoms with Gasteiger partial charge in [0.15, 0.2) is 5.90 Å². The second-order valence-corrected chi connectivity index (χ2v) is 2.93. The number of hydrogen-bond acceptors (Lipinski definition) is 2. The zero-order chi connectivity index (χ0) is 7.40. The molecule has 1 aliphatic heterocycles. The van der Waals surface area contributed by atoms with Crippen molar-refractivity contribution >= 4 is 5.90 Å². The molecule has 1 rings (SSSR count). The molecule has 0 radical (unpaired) electrons. The van der Waals surface area contributed by atoms with Crippen LogP contribution >= 0.6 is 0 Å². The molecule has 0 N–H and O–H groups in total. The highest BCUT2D eigenvalue weighted by atomic mass is 16.5. The maximum absolute atomic E-state index is 5.41. The summed E-state index contributed by atoms with van der Waals surface area (Å²) in [5.74, 6) is 1.40. The third kappa shape index (κ3) is 2.01. The molecule has 0 fully saturated rings. The summed E-state index contributed by atoms with van der Waals surface area (Å²) in [6.45, 7) is 6.04. The Morgan fingerprint density at radius 1 is 1.40 bits per heavy atom. The van der Waals surface area contributed by atoms with Crippen molar-refractivity contribution < 1.29 is 4.74 Å². The minimum atomic E-state index is 0.457. The maximum atomic E-state index is 5.41. The van der Waals surface area contributed by atoms with Crippen LogP contribution in [0.3, 0.4) is 0 Å². The van der Waals surface area contributed by atoms with E-state index in [4.69, 9.17) is 4.74 Å². The lowest BCUT2D eigenvalue weighted by molar-refractivity contribution is 0.287. The summed E-state index contributed by atoms with van der Waals surface area (Å²) in [4.78, 5) is 4.32. The van der Waals surface area contributed by atoms with Crippen molar-refractivity contribution in [2.75, 3.05) is 13.2 Å². The van der Waals surface area contributed by atoms with Gasteiger partial charge in [0.05, 0.1) is 6.61 Å². The number of ether oxygens (including phenoxy) is 1. The summed E-state index contributed by atoms with van der Waals surface area (Å²) >= 11 is 0. The number of nitrogens with zero attached hydrogens (tertiary/aromatic N) is 1. The average molecular weight is 141 g/mol. The van der Waals surface area contributed by atoms with Crippen molar-refractivity contribution in [3.63, 3.8) is 0 Å². The molecule has 1 heterocycles. The summed E-state index contributed by atoms with van der Waals surface area (Å²) in [5.41, 5.74) is 0. The fourth-order valence-corrected chi connectivity index (χ4v) is 0.975. The van der Waals surface area contributed by atoms with E-state index < -0.39 is 0 Å². The second kappa shape index (κ2) is 3.59. The van der Waals surface area contributed by atoms with Crippen molar-refractivity contribution in [2.24, 2.45) is 10.9 Å². The van der Waals surface area contributed by atoms with Gasteiger partial charge < -0.3 is 4.74 Å². The lowest BCUT2D eigenvalue weighted by Crippen LogP contribution is -2.11. The highest BCUT2D eigenvalue weighted by molar-refractivity contribution is 5.78. The molecule has 58 valence electrons. The molecule has 0 saturated carbocycles. The first-order chi connectivity index (χ1) is 4.80. The molecule has 0 aromatic heterocycles. The van der Waals surface area contributed by atoms with E-state index in [0.717, 1.165) is 25.5 Å². The van der Waals surface area contributed by atoms with Crippen LogP contribution in [0.4, 0.5) is 0 Å². The van der Waals surface area contributed by atoms with Crippen LogP contribution in [0.5, 0.6) is 0 Å². The molecule has 0 atom stereocenters. The van der Waals surface area contributed by atoms with Gasteiger partial charge in [-0.05, 0) is 12.8 Å². The van der Waals surface area contributed by atoms with Crippen molar-refractivity contribution in [3.05, 3.63) is 0 Å². The third-order valence-electron chi connectivity index (χ3n) is 1.56. The number of hydrogen-bond donors (Lipinski definition) is 0. The standard InChI is InChI=1S/C8H15NO/c1-7(2)8-9-5-3-4-6-10-8/h7H,3-6H2,1-2H3. The Bertz CT molecular complexity index is 129. The highest BCUT2D eigenvalue weighted by Crippen LogP contribution is 2.05. The van der Waals surface area contributed by atoms with Crippen LogP contribution < -0.4 is 0 Å². The van der Waals surface area contributed by atoms with E-state index in [2.05, 4.69) is 18.8 Å². The van der Waals surface area contributed by atoms with Crippen LogP contribution in [0.15, 0.2) is 4.99 Å². The Morgan fingerprint density at radius 3 is 2.90 bits per heavy atom. The summed E-state index contributed by atoms with van der Waals surface area (Å²) in [5, 5.41) is 0. The number of rotatable bonds is 1. The molecule has 0 bridgehead atoms. The third-order valence-corrected chi connectivity index (χ3v) is 1.56. The van der Waals surface area contributed by atoms with E-state index in [1.165, 1.54) is 6.42 Å². The van der Waals surface area contributed by atoms with Crippen molar-refractivity contribution in [1.82, 2.24) is 0 Å². The Hall–Kier alpha value is -0.530. The fourth-order valence-electron chi connectivity index (χ4n) is 0.975. The predicted octanol–water partition coefficient (Wildman–Crippen LogP) is 1.85. The molecule has 0 unspecified atom stereocenters. The Balaban J connectivity index is 2.46. The molecular weight excluding hydrogens is 126 g/mol. The van der Waals surface area contributed by atoms with E-state index >= 15 is 0 Å². The molecule has 0 spiro atoms. The topological polar surface area (TPSA) is 21.6 Å². The number of aliphatic imine (C=N–C) groups is 1. The van der Waals surface area contributed by atoms with Gasteiger partial charge in [-0.1, -0.05) is 13.8 Å². The summed E-state index contributed by atoms with van der Waals surface area (Å²) in [6, 6.07) is 0. The van der Waals surface area contributed by atoms with Crippen LogP contribution in [-0.2, 0) is 4.74 Å². The van der Waals surface area contributed by atoms with Gasteiger partial charge in [0, 0.05) is 12.5 Å². The van der Waals surface area contributed by atoms with E-state index in [1.54, 1.807) is 0 Å². The lowest BCUT2D eigenvalue weighted by atomic mass is 10.2. The minimum Gasteiger partial charge on any atom is -0.481 e. The predicted molar refractivity (Wildman–Crippen MR) is 42.3 cm³/mol. The minimum absolute atomic E-state index is 0.457. The molecule has 0 saturated heterocycles. The molecule has 0 aromatic rings. The molecule has 10 heavy (non-hydrogen) atoms. The summed E-state index contributed by atoms with van der Waals surface area (Å²) in [7, 11) is 0. The zero-order valence-electron chi connectivity index (χ0n) is 6.76. The first kappa shape index (κ1) is 7.58. The van der Waals surface area contributed by atoms with E-state index in [9.17, 15) is 0 Å². The SMILES string of the molecule is CC(C)C1=NCCCCO1. The van der Waals surface area contributed by atoms with Crippen LogP contribution in [0.1, 0.15) is 26.7 Å². The quantitative estimate of drug-likeness (QED) is 0.546. The molecule has 2 heteroatoms. The van der Waals surface area contributed by atoms with Gasteiger partial charge in [-0.3, -0.25) is 4.99 Å². The summed E-state index contributed by atoms with van der Waals surface area (Å²) < 4.78 is 5.41. The first-order valence-corrected chi connectivity index (χ1v) is 3.98. The molecule has 0 aliphatic carbocycles. The molecule has 2 nitrogen and oxygen atoms in total.